The second-order valence-corrected chi connectivity index (χ2v) is 8.43. The summed E-state index contributed by atoms with van der Waals surface area (Å²) < 4.78 is 27.5. The molecule has 2 aromatic heterocycles. The van der Waals surface area contributed by atoms with E-state index in [1.807, 2.05) is 47.8 Å². The number of thiophene rings is 2. The Kier molecular flexibility index (Phi) is 4.10. The molecule has 0 aliphatic carbocycles. The molecule has 0 aliphatic heterocycles. The number of rotatable bonds is 5. The zero-order chi connectivity index (χ0) is 14.7. The van der Waals surface area contributed by atoms with E-state index >= 15 is 0 Å². The van der Waals surface area contributed by atoms with Gasteiger partial charge >= 0.3 is 0 Å². The zero-order valence-electron chi connectivity index (χ0n) is 11.0. The summed E-state index contributed by atoms with van der Waals surface area (Å²) in [6, 6.07) is 16.5. The average molecular weight is 335 g/mol. The van der Waals surface area contributed by atoms with Crippen LogP contribution in [0.4, 0.5) is 5.69 Å². The fourth-order valence-corrected chi connectivity index (χ4v) is 5.29. The van der Waals surface area contributed by atoms with Crippen molar-refractivity contribution < 1.29 is 8.42 Å². The number of anilines is 1. The van der Waals surface area contributed by atoms with Crippen LogP contribution in [0.2, 0.25) is 0 Å². The molecule has 0 radical (unpaired) electrons. The minimum absolute atomic E-state index is 0.349. The van der Waals surface area contributed by atoms with Crippen LogP contribution >= 0.6 is 22.7 Å². The van der Waals surface area contributed by atoms with E-state index in [0.29, 0.717) is 16.4 Å². The topological polar surface area (TPSA) is 37.4 Å². The Labute approximate surface area is 132 Å². The summed E-state index contributed by atoms with van der Waals surface area (Å²) in [6.07, 6.45) is 0. The molecule has 0 bridgehead atoms. The van der Waals surface area contributed by atoms with Crippen LogP contribution in [0.5, 0.6) is 0 Å². The Morgan fingerprint density at radius 3 is 2.19 bits per heavy atom. The highest BCUT2D eigenvalue weighted by molar-refractivity contribution is 7.94. The van der Waals surface area contributed by atoms with Gasteiger partial charge < -0.3 is 0 Å². The number of nitrogens with zero attached hydrogens (tertiary/aromatic N) is 1. The first kappa shape index (κ1) is 14.3. The summed E-state index contributed by atoms with van der Waals surface area (Å²) in [7, 11) is -3.53. The van der Waals surface area contributed by atoms with Crippen LogP contribution in [0.25, 0.3) is 0 Å². The molecule has 0 N–H and O–H groups in total. The molecule has 2 heterocycles. The number of sulfonamides is 1. The Hall–Kier alpha value is -1.63. The third-order valence-electron chi connectivity index (χ3n) is 2.96. The summed E-state index contributed by atoms with van der Waals surface area (Å²) in [5.41, 5.74) is 0.680. The number of benzene rings is 1. The van der Waals surface area contributed by atoms with Gasteiger partial charge in [-0.1, -0.05) is 30.3 Å². The van der Waals surface area contributed by atoms with Gasteiger partial charge in [-0.25, -0.2) is 8.42 Å². The largest absolute Gasteiger partial charge is 0.274 e. The van der Waals surface area contributed by atoms with Gasteiger partial charge in [0.25, 0.3) is 10.0 Å². The second kappa shape index (κ2) is 6.01. The van der Waals surface area contributed by atoms with Crippen molar-refractivity contribution >= 4 is 38.4 Å². The van der Waals surface area contributed by atoms with Gasteiger partial charge in [0, 0.05) is 4.88 Å². The van der Waals surface area contributed by atoms with Gasteiger partial charge in [0.05, 0.1) is 12.2 Å². The third kappa shape index (κ3) is 3.02. The summed E-state index contributed by atoms with van der Waals surface area (Å²) in [5, 5.41) is 3.73. The van der Waals surface area contributed by atoms with E-state index in [-0.39, 0.29) is 0 Å². The molecule has 0 unspecified atom stereocenters. The van der Waals surface area contributed by atoms with E-state index in [4.69, 9.17) is 0 Å². The van der Waals surface area contributed by atoms with Crippen LogP contribution in [0.3, 0.4) is 0 Å². The summed E-state index contributed by atoms with van der Waals surface area (Å²) in [6.45, 7) is 0.349. The number of hydrogen-bond acceptors (Lipinski definition) is 4. The predicted octanol–water partition coefficient (Wildman–Crippen LogP) is 4.21. The second-order valence-electron chi connectivity index (χ2n) is 4.36. The normalized spacial score (nSPS) is 11.4. The summed E-state index contributed by atoms with van der Waals surface area (Å²) in [4.78, 5) is 1.01. The van der Waals surface area contributed by atoms with Gasteiger partial charge in [-0.2, -0.15) is 0 Å². The summed E-state index contributed by atoms with van der Waals surface area (Å²) in [5.74, 6) is 0. The molecule has 6 heteroatoms. The fraction of sp³-hybridized carbons (Fsp3) is 0.0667. The standard InChI is InChI=1S/C15H13NO2S3/c17-21(18,15-9-5-11-20-15)16(12-14-8-4-10-19-14)13-6-2-1-3-7-13/h1-11H,12H2. The van der Waals surface area contributed by atoms with Crippen molar-refractivity contribution in [3.63, 3.8) is 0 Å². The van der Waals surface area contributed by atoms with Crippen molar-refractivity contribution in [3.8, 4) is 0 Å². The summed E-state index contributed by atoms with van der Waals surface area (Å²) >= 11 is 2.80. The SMILES string of the molecule is O=S(=O)(c1cccs1)N(Cc1cccs1)c1ccccc1. The van der Waals surface area contributed by atoms with Gasteiger partial charge in [0.15, 0.2) is 0 Å². The lowest BCUT2D eigenvalue weighted by Crippen LogP contribution is -2.29. The van der Waals surface area contributed by atoms with Crippen LogP contribution in [0.1, 0.15) is 4.88 Å². The van der Waals surface area contributed by atoms with Gasteiger partial charge in [0.1, 0.15) is 4.21 Å². The lowest BCUT2D eigenvalue weighted by Gasteiger charge is -2.23. The van der Waals surface area contributed by atoms with E-state index in [1.165, 1.54) is 15.6 Å². The first-order chi connectivity index (χ1) is 10.2. The molecule has 0 amide bonds. The smallest absolute Gasteiger partial charge is 0.260 e. The molecule has 3 rings (SSSR count). The minimum Gasteiger partial charge on any atom is -0.260 e. The Balaban J connectivity index is 2.04. The lowest BCUT2D eigenvalue weighted by atomic mass is 10.3. The van der Waals surface area contributed by atoms with Gasteiger partial charge in [-0.15, -0.1) is 22.7 Å². The molecular formula is C15H13NO2S3. The molecule has 1 aromatic carbocycles. The molecule has 0 spiro atoms. The van der Waals surface area contributed by atoms with E-state index < -0.39 is 10.0 Å². The molecule has 0 fully saturated rings. The monoisotopic (exact) mass is 335 g/mol. The average Bonchev–Trinajstić information content (AvgIpc) is 3.19. The molecular weight excluding hydrogens is 322 g/mol. The predicted molar refractivity (Wildman–Crippen MR) is 88.4 cm³/mol. The van der Waals surface area contributed by atoms with E-state index in [2.05, 4.69) is 0 Å². The molecule has 0 saturated heterocycles. The zero-order valence-corrected chi connectivity index (χ0v) is 13.5. The maximum atomic E-state index is 12.9. The molecule has 3 nitrogen and oxygen atoms in total. The Morgan fingerprint density at radius 1 is 0.857 bits per heavy atom. The third-order valence-corrected chi connectivity index (χ3v) is 6.97. The highest BCUT2D eigenvalue weighted by Gasteiger charge is 2.26. The van der Waals surface area contributed by atoms with E-state index in [1.54, 1.807) is 28.8 Å². The van der Waals surface area contributed by atoms with Crippen molar-refractivity contribution in [1.29, 1.82) is 0 Å². The fourth-order valence-electron chi connectivity index (χ4n) is 1.97. The van der Waals surface area contributed by atoms with Gasteiger partial charge in [-0.3, -0.25) is 4.31 Å². The first-order valence-corrected chi connectivity index (χ1v) is 9.51. The molecule has 3 aromatic rings. The van der Waals surface area contributed by atoms with Crippen LogP contribution < -0.4 is 4.31 Å². The van der Waals surface area contributed by atoms with E-state index in [0.717, 1.165) is 4.88 Å². The molecule has 108 valence electrons. The number of para-hydroxylation sites is 1. The van der Waals surface area contributed by atoms with Gasteiger partial charge in [0.2, 0.25) is 0 Å². The molecule has 0 atom stereocenters. The van der Waals surface area contributed by atoms with Crippen LogP contribution in [-0.4, -0.2) is 8.42 Å². The Morgan fingerprint density at radius 2 is 1.57 bits per heavy atom. The quantitative estimate of drug-likeness (QED) is 0.700. The van der Waals surface area contributed by atoms with Crippen LogP contribution in [0.15, 0.2) is 69.6 Å². The van der Waals surface area contributed by atoms with Crippen LogP contribution in [0, 0.1) is 0 Å². The van der Waals surface area contributed by atoms with Crippen molar-refractivity contribution in [3.05, 3.63) is 70.2 Å². The maximum absolute atomic E-state index is 12.9. The molecule has 0 saturated carbocycles. The Bertz CT molecular complexity index is 779. The molecule has 21 heavy (non-hydrogen) atoms. The van der Waals surface area contributed by atoms with Crippen molar-refractivity contribution in [1.82, 2.24) is 0 Å². The minimum atomic E-state index is -3.53. The van der Waals surface area contributed by atoms with Crippen molar-refractivity contribution in [2.45, 2.75) is 10.8 Å². The maximum Gasteiger partial charge on any atom is 0.274 e. The first-order valence-electron chi connectivity index (χ1n) is 6.31. The van der Waals surface area contributed by atoms with Crippen molar-refractivity contribution in [2.24, 2.45) is 0 Å². The lowest BCUT2D eigenvalue weighted by molar-refractivity contribution is 0.592. The van der Waals surface area contributed by atoms with Crippen LogP contribution in [-0.2, 0) is 16.6 Å². The molecule has 0 aliphatic rings. The highest BCUT2D eigenvalue weighted by Crippen LogP contribution is 2.28. The highest BCUT2D eigenvalue weighted by atomic mass is 32.2. The number of hydrogen-bond donors (Lipinski definition) is 0. The van der Waals surface area contributed by atoms with E-state index in [9.17, 15) is 8.42 Å². The van der Waals surface area contributed by atoms with Gasteiger partial charge in [-0.05, 0) is 35.0 Å². The van der Waals surface area contributed by atoms with Crippen molar-refractivity contribution in [2.75, 3.05) is 4.31 Å².